The maximum atomic E-state index is 4.77. The van der Waals surface area contributed by atoms with Crippen molar-refractivity contribution in [3.05, 3.63) is 24.3 Å². The molecular formula is C16H26N4S. The van der Waals surface area contributed by atoms with Gasteiger partial charge in [-0.1, -0.05) is 25.5 Å². The minimum absolute atomic E-state index is 0.849. The number of para-hydroxylation sites is 2. The standard InChI is InChI=1S/C16H26N4S/c1-3-4-9-18-16(17-2)19-14-7-5-6-8-15(14)20-10-12-21-13-11-20/h5-8H,3-4,9-13H2,1-2H3,(H2,17,18,19). The van der Waals surface area contributed by atoms with Gasteiger partial charge >= 0.3 is 0 Å². The van der Waals surface area contributed by atoms with Crippen LogP contribution in [0.25, 0.3) is 0 Å². The topological polar surface area (TPSA) is 39.7 Å². The summed E-state index contributed by atoms with van der Waals surface area (Å²) in [5, 5.41) is 6.52. The van der Waals surface area contributed by atoms with Gasteiger partial charge in [-0.15, -0.1) is 0 Å². The highest BCUT2D eigenvalue weighted by molar-refractivity contribution is 7.99. The smallest absolute Gasteiger partial charge is 0.196 e. The summed E-state index contributed by atoms with van der Waals surface area (Å²) in [5.74, 6) is 3.25. The molecule has 0 amide bonds. The summed E-state index contributed by atoms with van der Waals surface area (Å²) in [4.78, 5) is 7.21. The van der Waals surface area contributed by atoms with Gasteiger partial charge in [0.15, 0.2) is 5.96 Å². The summed E-state index contributed by atoms with van der Waals surface area (Å²) in [7, 11) is 1.91. The number of anilines is 1. The van der Waals surface area contributed by atoms with Crippen molar-refractivity contribution in [3.63, 3.8) is 0 Å². The van der Waals surface area contributed by atoms with E-state index in [1.165, 1.54) is 23.6 Å². The normalized spacial score (nSPS) is 15.9. The first-order chi connectivity index (χ1) is 10.3. The Hall–Kier alpha value is -1.36. The van der Waals surface area contributed by atoms with Crippen molar-refractivity contribution in [3.8, 4) is 0 Å². The van der Waals surface area contributed by atoms with E-state index in [0.29, 0.717) is 0 Å². The van der Waals surface area contributed by atoms with Crippen molar-refractivity contribution in [2.24, 2.45) is 4.99 Å². The summed E-state index contributed by atoms with van der Waals surface area (Å²) < 4.78 is 0. The van der Waals surface area contributed by atoms with Crippen LogP contribution in [0.1, 0.15) is 19.8 Å². The lowest BCUT2D eigenvalue weighted by molar-refractivity contribution is 0.742. The number of hydrogen-bond acceptors (Lipinski definition) is 3. The Kier molecular flexibility index (Phi) is 6.73. The molecule has 0 radical (unpaired) electrons. The molecule has 21 heavy (non-hydrogen) atoms. The average molecular weight is 306 g/mol. The van der Waals surface area contributed by atoms with Gasteiger partial charge in [0, 0.05) is 38.2 Å². The van der Waals surface area contributed by atoms with E-state index < -0.39 is 0 Å². The molecule has 2 rings (SSSR count). The molecule has 0 aliphatic carbocycles. The van der Waals surface area contributed by atoms with Crippen molar-refractivity contribution < 1.29 is 0 Å². The Morgan fingerprint density at radius 3 is 2.76 bits per heavy atom. The van der Waals surface area contributed by atoms with Crippen LogP contribution in [0.15, 0.2) is 29.3 Å². The van der Waals surface area contributed by atoms with Crippen molar-refractivity contribution >= 4 is 29.1 Å². The predicted octanol–water partition coefficient (Wildman–Crippen LogP) is 2.84. The molecule has 0 saturated carbocycles. The molecule has 1 aromatic carbocycles. The van der Waals surface area contributed by atoms with E-state index in [4.69, 9.17) is 4.99 Å². The summed E-state index contributed by atoms with van der Waals surface area (Å²) in [5.41, 5.74) is 2.28. The van der Waals surface area contributed by atoms with Crippen LogP contribution in [-0.4, -0.2) is 44.1 Å². The molecule has 1 aromatic rings. The first-order valence-electron chi connectivity index (χ1n) is 7.77. The zero-order chi connectivity index (χ0) is 14.9. The Morgan fingerprint density at radius 1 is 1.29 bits per heavy atom. The van der Waals surface area contributed by atoms with Crippen molar-refractivity contribution in [2.75, 3.05) is 43.1 Å². The maximum Gasteiger partial charge on any atom is 0.196 e. The van der Waals surface area contributed by atoms with Gasteiger partial charge in [-0.05, 0) is 18.6 Å². The largest absolute Gasteiger partial charge is 0.368 e. The quantitative estimate of drug-likeness (QED) is 0.498. The molecule has 0 bridgehead atoms. The van der Waals surface area contributed by atoms with Crippen LogP contribution in [0.5, 0.6) is 0 Å². The van der Waals surface area contributed by atoms with Gasteiger partial charge in [-0.25, -0.2) is 4.99 Å². The van der Waals surface area contributed by atoms with Crippen LogP contribution in [0, 0.1) is 0 Å². The number of thioether (sulfide) groups is 1. The summed E-state index contributed by atoms with van der Waals surface area (Å²) in [6.07, 6.45) is 2.34. The number of unbranched alkanes of at least 4 members (excludes halogenated alkanes) is 1. The van der Waals surface area contributed by atoms with E-state index in [2.05, 4.69) is 46.7 Å². The third kappa shape index (κ3) is 4.84. The molecule has 2 N–H and O–H groups in total. The Morgan fingerprint density at radius 2 is 2.05 bits per heavy atom. The molecule has 0 atom stereocenters. The van der Waals surface area contributed by atoms with Crippen LogP contribution >= 0.6 is 11.8 Å². The summed E-state index contributed by atoms with van der Waals surface area (Å²) >= 11 is 2.03. The van der Waals surface area contributed by atoms with Crippen molar-refractivity contribution in [2.45, 2.75) is 19.8 Å². The van der Waals surface area contributed by atoms with E-state index >= 15 is 0 Å². The molecular weight excluding hydrogens is 280 g/mol. The van der Waals surface area contributed by atoms with Crippen LogP contribution < -0.4 is 15.5 Å². The molecule has 0 spiro atoms. The molecule has 1 aliphatic heterocycles. The molecule has 1 saturated heterocycles. The number of nitrogens with one attached hydrogen (secondary N) is 2. The number of guanidine groups is 1. The first-order valence-corrected chi connectivity index (χ1v) is 8.92. The monoisotopic (exact) mass is 306 g/mol. The van der Waals surface area contributed by atoms with Gasteiger partial charge in [-0.3, -0.25) is 0 Å². The molecule has 0 unspecified atom stereocenters. The fourth-order valence-corrected chi connectivity index (χ4v) is 3.22. The fraction of sp³-hybridized carbons (Fsp3) is 0.562. The van der Waals surface area contributed by atoms with Gasteiger partial charge in [0.25, 0.3) is 0 Å². The number of nitrogens with zero attached hydrogens (tertiary/aromatic N) is 2. The summed E-state index contributed by atoms with van der Waals surface area (Å²) in [6, 6.07) is 8.42. The van der Waals surface area contributed by atoms with Crippen LogP contribution in [0.2, 0.25) is 0 Å². The maximum absolute atomic E-state index is 4.77. The van der Waals surface area contributed by atoms with E-state index in [0.717, 1.165) is 37.7 Å². The fourth-order valence-electron chi connectivity index (χ4n) is 2.32. The lowest BCUT2D eigenvalue weighted by atomic mass is 10.2. The molecule has 116 valence electrons. The van der Waals surface area contributed by atoms with Crippen LogP contribution in [0.3, 0.4) is 0 Å². The lowest BCUT2D eigenvalue weighted by Gasteiger charge is -2.29. The highest BCUT2D eigenvalue weighted by Crippen LogP contribution is 2.30. The minimum atomic E-state index is 0.849. The highest BCUT2D eigenvalue weighted by Gasteiger charge is 2.14. The van der Waals surface area contributed by atoms with E-state index in [1.807, 2.05) is 18.8 Å². The molecule has 5 heteroatoms. The SMILES string of the molecule is CCCCNC(=Nc1ccccc1N1CCSCC1)NC. The molecule has 1 heterocycles. The molecule has 4 nitrogen and oxygen atoms in total. The van der Waals surface area contributed by atoms with Gasteiger partial charge in [0.1, 0.15) is 0 Å². The van der Waals surface area contributed by atoms with Gasteiger partial charge in [-0.2, -0.15) is 11.8 Å². The van der Waals surface area contributed by atoms with Gasteiger partial charge in [0.2, 0.25) is 0 Å². The highest BCUT2D eigenvalue weighted by atomic mass is 32.2. The average Bonchev–Trinajstić information content (AvgIpc) is 2.55. The van der Waals surface area contributed by atoms with Gasteiger partial charge in [0.05, 0.1) is 11.4 Å². The number of aliphatic imine (C=N–C) groups is 1. The third-order valence-corrected chi connectivity index (χ3v) is 4.47. The van der Waals surface area contributed by atoms with Crippen LogP contribution in [0.4, 0.5) is 11.4 Å². The molecule has 1 fully saturated rings. The van der Waals surface area contributed by atoms with E-state index in [1.54, 1.807) is 0 Å². The zero-order valence-electron chi connectivity index (χ0n) is 13.1. The Balaban J connectivity index is 2.13. The number of rotatable bonds is 5. The predicted molar refractivity (Wildman–Crippen MR) is 95.0 cm³/mol. The summed E-state index contributed by atoms with van der Waals surface area (Å²) in [6.45, 7) is 5.37. The Labute approximate surface area is 132 Å². The zero-order valence-corrected chi connectivity index (χ0v) is 13.9. The van der Waals surface area contributed by atoms with Crippen molar-refractivity contribution in [1.29, 1.82) is 0 Å². The Bertz CT molecular complexity index is 455. The van der Waals surface area contributed by atoms with Gasteiger partial charge < -0.3 is 15.5 Å². The van der Waals surface area contributed by atoms with E-state index in [-0.39, 0.29) is 0 Å². The van der Waals surface area contributed by atoms with Crippen molar-refractivity contribution in [1.82, 2.24) is 10.6 Å². The minimum Gasteiger partial charge on any atom is -0.368 e. The molecule has 1 aliphatic rings. The second-order valence-corrected chi connectivity index (χ2v) is 6.30. The first kappa shape index (κ1) is 16.0. The third-order valence-electron chi connectivity index (χ3n) is 3.53. The number of hydrogen-bond donors (Lipinski definition) is 2. The second-order valence-electron chi connectivity index (χ2n) is 5.08. The van der Waals surface area contributed by atoms with Crippen LogP contribution in [-0.2, 0) is 0 Å². The molecule has 0 aromatic heterocycles. The van der Waals surface area contributed by atoms with E-state index in [9.17, 15) is 0 Å². The number of benzene rings is 1. The lowest BCUT2D eigenvalue weighted by Crippen LogP contribution is -2.35. The second kappa shape index (κ2) is 8.82.